The van der Waals surface area contributed by atoms with Crippen molar-refractivity contribution in [3.05, 3.63) is 40.0 Å². The Morgan fingerprint density at radius 3 is 2.38 bits per heavy atom. The molecular formula is C11H10INO3. The molecule has 0 heterocycles. The van der Waals surface area contributed by atoms with E-state index < -0.39 is 5.97 Å². The van der Waals surface area contributed by atoms with E-state index in [-0.39, 0.29) is 17.9 Å². The average Bonchev–Trinajstić information content (AvgIpc) is 2.21. The zero-order valence-corrected chi connectivity index (χ0v) is 10.5. The number of hydrogen-bond donors (Lipinski definition) is 2. The third-order valence-electron chi connectivity index (χ3n) is 1.80. The Morgan fingerprint density at radius 1 is 1.31 bits per heavy atom. The van der Waals surface area contributed by atoms with Gasteiger partial charge in [-0.15, -0.1) is 0 Å². The summed E-state index contributed by atoms with van der Waals surface area (Å²) in [6, 6.07) is 7.21. The molecule has 0 saturated carbocycles. The molecule has 0 aliphatic rings. The van der Waals surface area contributed by atoms with E-state index in [1.165, 1.54) is 0 Å². The Hall–Kier alpha value is -1.37. The molecule has 0 bridgehead atoms. The summed E-state index contributed by atoms with van der Waals surface area (Å²) >= 11 is 2.15. The molecule has 1 aromatic carbocycles. The first-order chi connectivity index (χ1) is 7.49. The van der Waals surface area contributed by atoms with Gasteiger partial charge < -0.3 is 10.4 Å². The number of carbonyl (C=O) groups excluding carboxylic acids is 1. The van der Waals surface area contributed by atoms with Gasteiger partial charge in [0.2, 0.25) is 5.91 Å². The van der Waals surface area contributed by atoms with Crippen LogP contribution in [0, 0.1) is 3.57 Å². The average molecular weight is 331 g/mol. The van der Waals surface area contributed by atoms with E-state index in [0.717, 1.165) is 3.57 Å². The highest BCUT2D eigenvalue weighted by Gasteiger charge is 2.10. The molecule has 0 atom stereocenters. The standard InChI is InChI=1S/C11H10INO3/c1-7(11(15)16)6-10(14)13-9-4-2-8(12)3-5-9/h2-5H,1,6H2,(H,13,14)(H,15,16). The molecule has 0 aromatic heterocycles. The fourth-order valence-electron chi connectivity index (χ4n) is 1.01. The molecule has 1 aromatic rings. The van der Waals surface area contributed by atoms with Crippen LogP contribution in [0.5, 0.6) is 0 Å². The van der Waals surface area contributed by atoms with Crippen LogP contribution in [0.1, 0.15) is 6.42 Å². The maximum atomic E-state index is 11.4. The predicted octanol–water partition coefficient (Wildman–Crippen LogP) is 2.26. The van der Waals surface area contributed by atoms with E-state index in [4.69, 9.17) is 5.11 Å². The van der Waals surface area contributed by atoms with Gasteiger partial charge in [0.05, 0.1) is 6.42 Å². The summed E-state index contributed by atoms with van der Waals surface area (Å²) in [5.74, 6) is -1.54. The van der Waals surface area contributed by atoms with Crippen LogP contribution in [0.2, 0.25) is 0 Å². The van der Waals surface area contributed by atoms with Gasteiger partial charge in [0.1, 0.15) is 0 Å². The van der Waals surface area contributed by atoms with E-state index in [0.29, 0.717) is 5.69 Å². The van der Waals surface area contributed by atoms with Crippen molar-refractivity contribution in [2.75, 3.05) is 5.32 Å². The minimum Gasteiger partial charge on any atom is -0.478 e. The molecule has 1 rings (SSSR count). The molecule has 5 heteroatoms. The van der Waals surface area contributed by atoms with Gasteiger partial charge in [-0.05, 0) is 46.9 Å². The summed E-state index contributed by atoms with van der Waals surface area (Å²) in [5.41, 5.74) is 0.520. The van der Waals surface area contributed by atoms with Crippen LogP contribution in [0.3, 0.4) is 0 Å². The SMILES string of the molecule is C=C(CC(=O)Nc1ccc(I)cc1)C(=O)O. The van der Waals surface area contributed by atoms with Crippen LogP contribution in [0.4, 0.5) is 5.69 Å². The summed E-state index contributed by atoms with van der Waals surface area (Å²) in [6.07, 6.45) is -0.207. The third-order valence-corrected chi connectivity index (χ3v) is 2.52. The highest BCUT2D eigenvalue weighted by atomic mass is 127. The van der Waals surface area contributed by atoms with E-state index in [1.807, 2.05) is 12.1 Å². The molecule has 0 fully saturated rings. The summed E-state index contributed by atoms with van der Waals surface area (Å²) in [5, 5.41) is 11.1. The van der Waals surface area contributed by atoms with Crippen molar-refractivity contribution in [3.63, 3.8) is 0 Å². The lowest BCUT2D eigenvalue weighted by molar-refractivity contribution is -0.133. The smallest absolute Gasteiger partial charge is 0.331 e. The van der Waals surface area contributed by atoms with Crippen LogP contribution in [-0.2, 0) is 9.59 Å². The predicted molar refractivity (Wildman–Crippen MR) is 69.2 cm³/mol. The van der Waals surface area contributed by atoms with Crippen LogP contribution in [0.15, 0.2) is 36.4 Å². The van der Waals surface area contributed by atoms with E-state index in [1.54, 1.807) is 12.1 Å². The number of carboxylic acid groups (broad SMARTS) is 1. The van der Waals surface area contributed by atoms with Crippen LogP contribution in [0.25, 0.3) is 0 Å². The fourth-order valence-corrected chi connectivity index (χ4v) is 1.37. The zero-order valence-electron chi connectivity index (χ0n) is 8.37. The number of aliphatic carboxylic acids is 1. The second kappa shape index (κ2) is 5.64. The monoisotopic (exact) mass is 331 g/mol. The molecule has 0 aliphatic heterocycles. The Bertz CT molecular complexity index is 425. The third kappa shape index (κ3) is 4.01. The van der Waals surface area contributed by atoms with E-state index in [9.17, 15) is 9.59 Å². The second-order valence-corrected chi connectivity index (χ2v) is 4.39. The van der Waals surface area contributed by atoms with Gasteiger partial charge in [0.15, 0.2) is 0 Å². The van der Waals surface area contributed by atoms with Gasteiger partial charge in [0, 0.05) is 14.8 Å². The van der Waals surface area contributed by atoms with Gasteiger partial charge in [-0.2, -0.15) is 0 Å². The Balaban J connectivity index is 2.55. The van der Waals surface area contributed by atoms with Crippen LogP contribution in [-0.4, -0.2) is 17.0 Å². The maximum absolute atomic E-state index is 11.4. The number of carbonyl (C=O) groups is 2. The normalized spacial score (nSPS) is 9.56. The topological polar surface area (TPSA) is 66.4 Å². The molecule has 0 aliphatic carbocycles. The van der Waals surface area contributed by atoms with Crippen molar-refractivity contribution in [2.45, 2.75) is 6.42 Å². The first kappa shape index (κ1) is 12.7. The minimum absolute atomic E-state index is 0.122. The quantitative estimate of drug-likeness (QED) is 0.657. The molecule has 84 valence electrons. The first-order valence-electron chi connectivity index (χ1n) is 4.45. The number of amides is 1. The van der Waals surface area contributed by atoms with Gasteiger partial charge in [0.25, 0.3) is 0 Å². The van der Waals surface area contributed by atoms with Crippen molar-refractivity contribution in [2.24, 2.45) is 0 Å². The van der Waals surface area contributed by atoms with E-state index in [2.05, 4.69) is 34.5 Å². The number of halogens is 1. The zero-order chi connectivity index (χ0) is 12.1. The number of nitrogens with one attached hydrogen (secondary N) is 1. The van der Waals surface area contributed by atoms with Gasteiger partial charge in [-0.25, -0.2) is 4.79 Å². The molecule has 2 N–H and O–H groups in total. The maximum Gasteiger partial charge on any atom is 0.331 e. The van der Waals surface area contributed by atoms with Gasteiger partial charge >= 0.3 is 5.97 Å². The molecule has 0 spiro atoms. The number of anilines is 1. The Labute approximate surface area is 106 Å². The number of hydrogen-bond acceptors (Lipinski definition) is 2. The van der Waals surface area contributed by atoms with Gasteiger partial charge in [-0.3, -0.25) is 4.79 Å². The largest absolute Gasteiger partial charge is 0.478 e. The summed E-state index contributed by atoms with van der Waals surface area (Å²) in [6.45, 7) is 3.29. The summed E-state index contributed by atoms with van der Waals surface area (Å²) < 4.78 is 1.06. The molecule has 1 amide bonds. The first-order valence-corrected chi connectivity index (χ1v) is 5.53. The fraction of sp³-hybridized carbons (Fsp3) is 0.0909. The molecule has 0 unspecified atom stereocenters. The molecule has 16 heavy (non-hydrogen) atoms. The van der Waals surface area contributed by atoms with Crippen molar-refractivity contribution in [1.82, 2.24) is 0 Å². The minimum atomic E-state index is -1.15. The van der Waals surface area contributed by atoms with Crippen molar-refractivity contribution < 1.29 is 14.7 Å². The highest BCUT2D eigenvalue weighted by Crippen LogP contribution is 2.12. The highest BCUT2D eigenvalue weighted by molar-refractivity contribution is 14.1. The van der Waals surface area contributed by atoms with Crippen molar-refractivity contribution >= 4 is 40.2 Å². The molecular weight excluding hydrogens is 321 g/mol. The summed E-state index contributed by atoms with van der Waals surface area (Å²) in [4.78, 5) is 21.8. The molecule has 4 nitrogen and oxygen atoms in total. The molecule has 0 saturated heterocycles. The van der Waals surface area contributed by atoms with Crippen LogP contribution >= 0.6 is 22.6 Å². The number of rotatable bonds is 4. The van der Waals surface area contributed by atoms with Crippen molar-refractivity contribution in [3.8, 4) is 0 Å². The van der Waals surface area contributed by atoms with E-state index >= 15 is 0 Å². The number of benzene rings is 1. The Kier molecular flexibility index (Phi) is 4.48. The Morgan fingerprint density at radius 2 is 1.88 bits per heavy atom. The van der Waals surface area contributed by atoms with Crippen LogP contribution < -0.4 is 5.32 Å². The lowest BCUT2D eigenvalue weighted by atomic mass is 10.2. The lowest BCUT2D eigenvalue weighted by Crippen LogP contribution is -2.14. The lowest BCUT2D eigenvalue weighted by Gasteiger charge is -2.04. The molecule has 0 radical (unpaired) electrons. The summed E-state index contributed by atoms with van der Waals surface area (Å²) in [7, 11) is 0. The van der Waals surface area contributed by atoms with Crippen molar-refractivity contribution in [1.29, 1.82) is 0 Å². The van der Waals surface area contributed by atoms with Gasteiger partial charge in [-0.1, -0.05) is 6.58 Å². The second-order valence-electron chi connectivity index (χ2n) is 3.14. The number of carboxylic acids is 1.